The van der Waals surface area contributed by atoms with Gasteiger partial charge >= 0.3 is 6.18 Å². The maximum atomic E-state index is 12.9. The third-order valence-electron chi connectivity index (χ3n) is 4.90. The first kappa shape index (κ1) is 19.9. The van der Waals surface area contributed by atoms with Crippen molar-refractivity contribution < 1.29 is 22.8 Å². The first-order chi connectivity index (χ1) is 13.3. The molecule has 0 radical (unpaired) electrons. The Morgan fingerprint density at radius 3 is 1.89 bits per heavy atom. The van der Waals surface area contributed by atoms with Gasteiger partial charge in [-0.15, -0.1) is 0 Å². The smallest absolute Gasteiger partial charge is 0.335 e. The van der Waals surface area contributed by atoms with Crippen LogP contribution in [-0.2, 0) is 12.6 Å². The molecule has 0 N–H and O–H groups in total. The van der Waals surface area contributed by atoms with E-state index < -0.39 is 17.6 Å². The van der Waals surface area contributed by atoms with Gasteiger partial charge in [-0.3, -0.25) is 9.59 Å². The van der Waals surface area contributed by atoms with E-state index in [0.29, 0.717) is 18.7 Å². The van der Waals surface area contributed by atoms with Crippen molar-refractivity contribution in [3.63, 3.8) is 0 Å². The zero-order chi connectivity index (χ0) is 20.3. The lowest BCUT2D eigenvalue weighted by molar-refractivity contribution is -0.137. The molecule has 3 rings (SSSR count). The molecule has 2 aromatic rings. The quantitative estimate of drug-likeness (QED) is 0.798. The van der Waals surface area contributed by atoms with Crippen LogP contribution in [0.25, 0.3) is 0 Å². The summed E-state index contributed by atoms with van der Waals surface area (Å²) in [6.45, 7) is 3.30. The Morgan fingerprint density at radius 1 is 0.857 bits per heavy atom. The molecule has 0 bridgehead atoms. The van der Waals surface area contributed by atoms with Crippen molar-refractivity contribution in [1.82, 2.24) is 9.80 Å². The van der Waals surface area contributed by atoms with Gasteiger partial charge in [0.25, 0.3) is 11.8 Å². The predicted octanol–water partition coefficient (Wildman–Crippen LogP) is 3.87. The van der Waals surface area contributed by atoms with Crippen molar-refractivity contribution in [1.29, 1.82) is 0 Å². The fraction of sp³-hybridized carbons (Fsp3) is 0.333. The number of carbonyl (C=O) groups is 2. The molecule has 28 heavy (non-hydrogen) atoms. The van der Waals surface area contributed by atoms with E-state index in [9.17, 15) is 22.8 Å². The van der Waals surface area contributed by atoms with Crippen LogP contribution < -0.4 is 0 Å². The number of hydrogen-bond acceptors (Lipinski definition) is 2. The van der Waals surface area contributed by atoms with E-state index >= 15 is 0 Å². The second-order valence-corrected chi connectivity index (χ2v) is 6.71. The van der Waals surface area contributed by atoms with E-state index in [1.807, 2.05) is 19.1 Å². The lowest BCUT2D eigenvalue weighted by Gasteiger charge is -2.35. The first-order valence-corrected chi connectivity index (χ1v) is 9.14. The first-order valence-electron chi connectivity index (χ1n) is 9.14. The summed E-state index contributed by atoms with van der Waals surface area (Å²) in [7, 11) is 0. The van der Waals surface area contributed by atoms with Gasteiger partial charge in [0, 0.05) is 37.3 Å². The van der Waals surface area contributed by atoms with E-state index in [2.05, 4.69) is 0 Å². The highest BCUT2D eigenvalue weighted by molar-refractivity contribution is 5.96. The molecular weight excluding hydrogens is 369 g/mol. The summed E-state index contributed by atoms with van der Waals surface area (Å²) in [6, 6.07) is 11.8. The highest BCUT2D eigenvalue weighted by atomic mass is 19.4. The van der Waals surface area contributed by atoms with Gasteiger partial charge in [-0.05, 0) is 42.3 Å². The van der Waals surface area contributed by atoms with Crippen LogP contribution in [0, 0.1) is 0 Å². The van der Waals surface area contributed by atoms with Gasteiger partial charge < -0.3 is 9.80 Å². The molecule has 0 saturated carbocycles. The highest BCUT2D eigenvalue weighted by Crippen LogP contribution is 2.29. The van der Waals surface area contributed by atoms with Crippen LogP contribution in [0.1, 0.15) is 38.8 Å². The molecule has 1 aliphatic heterocycles. The van der Waals surface area contributed by atoms with Crippen molar-refractivity contribution in [3.05, 3.63) is 70.8 Å². The van der Waals surface area contributed by atoms with Gasteiger partial charge in [0.2, 0.25) is 0 Å². The van der Waals surface area contributed by atoms with Crippen molar-refractivity contribution in [2.75, 3.05) is 26.2 Å². The number of rotatable bonds is 3. The van der Waals surface area contributed by atoms with Gasteiger partial charge in [-0.25, -0.2) is 0 Å². The monoisotopic (exact) mass is 390 g/mol. The minimum Gasteiger partial charge on any atom is -0.335 e. The Kier molecular flexibility index (Phi) is 5.72. The normalized spacial score (nSPS) is 14.9. The molecule has 0 spiro atoms. The van der Waals surface area contributed by atoms with Gasteiger partial charge in [0.05, 0.1) is 5.56 Å². The van der Waals surface area contributed by atoms with E-state index in [1.54, 1.807) is 17.0 Å². The highest BCUT2D eigenvalue weighted by Gasteiger charge is 2.32. The second kappa shape index (κ2) is 8.04. The fourth-order valence-electron chi connectivity index (χ4n) is 3.19. The van der Waals surface area contributed by atoms with E-state index in [0.717, 1.165) is 24.1 Å². The number of piperazine rings is 1. The summed E-state index contributed by atoms with van der Waals surface area (Å²) < 4.78 is 38.6. The lowest BCUT2D eigenvalue weighted by atomic mass is 10.1. The topological polar surface area (TPSA) is 40.6 Å². The molecule has 1 aliphatic rings. The van der Waals surface area contributed by atoms with Gasteiger partial charge in [-0.2, -0.15) is 13.2 Å². The summed E-state index contributed by atoms with van der Waals surface area (Å²) >= 11 is 0. The molecular formula is C21H21F3N2O2. The molecule has 0 atom stereocenters. The number of aryl methyl sites for hydroxylation is 1. The number of alkyl halides is 3. The average molecular weight is 390 g/mol. The van der Waals surface area contributed by atoms with Crippen LogP contribution >= 0.6 is 0 Å². The number of nitrogens with zero attached hydrogens (tertiary/aromatic N) is 2. The Labute approximate surface area is 161 Å². The van der Waals surface area contributed by atoms with Crippen molar-refractivity contribution >= 4 is 11.8 Å². The van der Waals surface area contributed by atoms with Crippen molar-refractivity contribution in [2.45, 2.75) is 19.5 Å². The van der Waals surface area contributed by atoms with Crippen molar-refractivity contribution in [2.24, 2.45) is 0 Å². The molecule has 2 aromatic carbocycles. The summed E-state index contributed by atoms with van der Waals surface area (Å²) in [4.78, 5) is 28.3. The average Bonchev–Trinajstić information content (AvgIpc) is 2.72. The number of benzene rings is 2. The molecule has 0 aromatic heterocycles. The van der Waals surface area contributed by atoms with Gasteiger partial charge in [0.1, 0.15) is 0 Å². The zero-order valence-electron chi connectivity index (χ0n) is 15.5. The summed E-state index contributed by atoms with van der Waals surface area (Å²) in [5.74, 6) is -0.556. The third kappa shape index (κ3) is 4.35. The SMILES string of the molecule is CCc1ccc(C(=O)N2CCN(C(=O)c3cccc(C(F)(F)F)c3)CC2)cc1. The summed E-state index contributed by atoms with van der Waals surface area (Å²) in [6.07, 6.45) is -3.60. The Bertz CT molecular complexity index is 855. The molecule has 1 fully saturated rings. The number of halogens is 3. The van der Waals surface area contributed by atoms with Crippen LogP contribution in [0.2, 0.25) is 0 Å². The minimum atomic E-state index is -4.49. The number of amides is 2. The van der Waals surface area contributed by atoms with Gasteiger partial charge in [0.15, 0.2) is 0 Å². The Balaban J connectivity index is 1.63. The second-order valence-electron chi connectivity index (χ2n) is 6.71. The fourth-order valence-corrected chi connectivity index (χ4v) is 3.19. The zero-order valence-corrected chi connectivity index (χ0v) is 15.5. The van der Waals surface area contributed by atoms with E-state index in [4.69, 9.17) is 0 Å². The Morgan fingerprint density at radius 2 is 1.39 bits per heavy atom. The molecule has 7 heteroatoms. The molecule has 1 heterocycles. The largest absolute Gasteiger partial charge is 0.416 e. The summed E-state index contributed by atoms with van der Waals surface area (Å²) in [5, 5.41) is 0. The van der Waals surface area contributed by atoms with Crippen molar-refractivity contribution in [3.8, 4) is 0 Å². The maximum absolute atomic E-state index is 12.9. The van der Waals surface area contributed by atoms with Crippen LogP contribution in [0.15, 0.2) is 48.5 Å². The molecule has 148 valence electrons. The number of carbonyl (C=O) groups excluding carboxylic acids is 2. The van der Waals surface area contributed by atoms with Gasteiger partial charge in [-0.1, -0.05) is 25.1 Å². The molecule has 0 aliphatic carbocycles. The molecule has 0 unspecified atom stereocenters. The Hall–Kier alpha value is -2.83. The van der Waals surface area contributed by atoms with Crippen LogP contribution in [0.5, 0.6) is 0 Å². The lowest BCUT2D eigenvalue weighted by Crippen LogP contribution is -2.50. The molecule has 4 nitrogen and oxygen atoms in total. The third-order valence-corrected chi connectivity index (χ3v) is 4.90. The summed E-state index contributed by atoms with van der Waals surface area (Å²) in [5.41, 5.74) is 0.898. The standard InChI is InChI=1S/C21H21F3N2O2/c1-2-15-6-8-16(9-7-15)19(27)25-10-12-26(13-11-25)20(28)17-4-3-5-18(14-17)21(22,23)24/h3-9,14H,2,10-13H2,1H3. The minimum absolute atomic E-state index is 0.00440. The van der Waals surface area contributed by atoms with Crippen LogP contribution in [0.4, 0.5) is 13.2 Å². The number of hydrogen-bond donors (Lipinski definition) is 0. The van der Waals surface area contributed by atoms with Crippen LogP contribution in [0.3, 0.4) is 0 Å². The molecule has 2 amide bonds. The van der Waals surface area contributed by atoms with Crippen LogP contribution in [-0.4, -0.2) is 47.8 Å². The molecule has 1 saturated heterocycles. The maximum Gasteiger partial charge on any atom is 0.416 e. The van der Waals surface area contributed by atoms with E-state index in [1.165, 1.54) is 17.0 Å². The predicted molar refractivity (Wildman–Crippen MR) is 99.1 cm³/mol. The van der Waals surface area contributed by atoms with E-state index in [-0.39, 0.29) is 24.6 Å².